The zero-order valence-electron chi connectivity index (χ0n) is 16.9. The summed E-state index contributed by atoms with van der Waals surface area (Å²) >= 11 is 0. The molecule has 0 saturated heterocycles. The summed E-state index contributed by atoms with van der Waals surface area (Å²) in [5.74, 6) is -0.865. The molecule has 0 bridgehead atoms. The van der Waals surface area contributed by atoms with E-state index in [0.717, 1.165) is 0 Å². The number of carbonyl (C=O) groups is 2. The molecule has 0 fully saturated rings. The molecule has 0 saturated carbocycles. The van der Waals surface area contributed by atoms with Gasteiger partial charge >= 0.3 is 0 Å². The number of para-hydroxylation sites is 1. The second-order valence-corrected chi connectivity index (χ2v) is 6.97. The van der Waals surface area contributed by atoms with Crippen LogP contribution in [0.15, 0.2) is 78.9 Å². The van der Waals surface area contributed by atoms with E-state index in [2.05, 4.69) is 15.6 Å². The summed E-state index contributed by atoms with van der Waals surface area (Å²) in [6.07, 6.45) is 0. The minimum absolute atomic E-state index is 0.202. The van der Waals surface area contributed by atoms with E-state index in [0.29, 0.717) is 45.5 Å². The van der Waals surface area contributed by atoms with Crippen LogP contribution in [0, 0.1) is 5.82 Å². The number of benzene rings is 3. The van der Waals surface area contributed by atoms with E-state index < -0.39 is 0 Å². The third-order valence-corrected chi connectivity index (χ3v) is 4.82. The molecule has 2 N–H and O–H groups in total. The first-order valence-electron chi connectivity index (χ1n) is 9.90. The Hall–Kier alpha value is -4.06. The van der Waals surface area contributed by atoms with Crippen molar-refractivity contribution in [2.75, 3.05) is 11.9 Å². The van der Waals surface area contributed by atoms with Crippen LogP contribution in [0.2, 0.25) is 0 Å². The Kier molecular flexibility index (Phi) is 5.71. The molecule has 0 atom stereocenters. The van der Waals surface area contributed by atoms with E-state index in [1.165, 1.54) is 12.1 Å². The SMILES string of the molecule is CCNC(=O)c1cccc(NC(=O)c2cc(-c3ccc(F)cc3)nc3ccccc23)c1. The van der Waals surface area contributed by atoms with Crippen molar-refractivity contribution < 1.29 is 14.0 Å². The van der Waals surface area contributed by atoms with Gasteiger partial charge in [0.15, 0.2) is 0 Å². The van der Waals surface area contributed by atoms with E-state index in [1.807, 2.05) is 31.2 Å². The van der Waals surface area contributed by atoms with Crippen molar-refractivity contribution in [2.45, 2.75) is 6.92 Å². The van der Waals surface area contributed by atoms with Gasteiger partial charge in [-0.2, -0.15) is 0 Å². The lowest BCUT2D eigenvalue weighted by atomic mass is 10.0. The molecule has 0 aliphatic heterocycles. The lowest BCUT2D eigenvalue weighted by Crippen LogP contribution is -2.22. The molecule has 0 aliphatic carbocycles. The summed E-state index contributed by atoms with van der Waals surface area (Å²) in [6, 6.07) is 21.8. The molecular weight excluding hydrogens is 393 g/mol. The average molecular weight is 413 g/mol. The van der Waals surface area contributed by atoms with Gasteiger partial charge in [-0.25, -0.2) is 9.37 Å². The first kappa shape index (κ1) is 20.2. The summed E-state index contributed by atoms with van der Waals surface area (Å²) in [6.45, 7) is 2.36. The fraction of sp³-hybridized carbons (Fsp3) is 0.0800. The zero-order valence-corrected chi connectivity index (χ0v) is 16.9. The maximum Gasteiger partial charge on any atom is 0.256 e. The maximum atomic E-state index is 13.3. The fourth-order valence-electron chi connectivity index (χ4n) is 3.33. The van der Waals surface area contributed by atoms with Crippen molar-refractivity contribution in [3.63, 3.8) is 0 Å². The van der Waals surface area contributed by atoms with Gasteiger partial charge in [0.1, 0.15) is 5.82 Å². The minimum Gasteiger partial charge on any atom is -0.352 e. The number of halogens is 1. The summed E-state index contributed by atoms with van der Waals surface area (Å²) < 4.78 is 13.3. The highest BCUT2D eigenvalue weighted by molar-refractivity contribution is 6.13. The first-order valence-corrected chi connectivity index (χ1v) is 9.90. The monoisotopic (exact) mass is 413 g/mol. The summed E-state index contributed by atoms with van der Waals surface area (Å²) in [4.78, 5) is 29.9. The number of hydrogen-bond donors (Lipinski definition) is 2. The van der Waals surface area contributed by atoms with Crippen LogP contribution in [0.25, 0.3) is 22.2 Å². The standard InChI is InChI=1S/C25H20FN3O2/c1-2-27-24(30)17-6-5-7-19(14-17)28-25(31)21-15-23(16-10-12-18(26)13-11-16)29-22-9-4-3-8-20(21)22/h3-15H,2H2,1H3,(H,27,30)(H,28,31). The van der Waals surface area contributed by atoms with Crippen LogP contribution in [0.4, 0.5) is 10.1 Å². The van der Waals surface area contributed by atoms with Gasteiger partial charge in [0.2, 0.25) is 0 Å². The third kappa shape index (κ3) is 4.43. The number of aromatic nitrogens is 1. The van der Waals surface area contributed by atoms with Gasteiger partial charge < -0.3 is 10.6 Å². The first-order chi connectivity index (χ1) is 15.0. The molecule has 4 aromatic rings. The summed E-state index contributed by atoms with van der Waals surface area (Å²) in [7, 11) is 0. The number of nitrogens with zero attached hydrogens (tertiary/aromatic N) is 1. The third-order valence-electron chi connectivity index (χ3n) is 4.82. The molecule has 3 aromatic carbocycles. The van der Waals surface area contributed by atoms with Gasteiger partial charge in [-0.3, -0.25) is 9.59 Å². The van der Waals surface area contributed by atoms with E-state index in [4.69, 9.17) is 0 Å². The van der Waals surface area contributed by atoms with Crippen LogP contribution in [0.3, 0.4) is 0 Å². The molecule has 0 aliphatic rings. The lowest BCUT2D eigenvalue weighted by Gasteiger charge is -2.11. The van der Waals surface area contributed by atoms with Crippen LogP contribution < -0.4 is 10.6 Å². The van der Waals surface area contributed by atoms with E-state index >= 15 is 0 Å². The molecule has 4 rings (SSSR count). The Labute approximate surface area is 178 Å². The Morgan fingerprint density at radius 1 is 0.903 bits per heavy atom. The molecule has 1 aromatic heterocycles. The summed E-state index contributed by atoms with van der Waals surface area (Å²) in [5.41, 5.74) is 3.35. The predicted molar refractivity (Wildman–Crippen MR) is 120 cm³/mol. The van der Waals surface area contributed by atoms with Gasteiger partial charge in [-0.05, 0) is 61.5 Å². The molecule has 31 heavy (non-hydrogen) atoms. The van der Waals surface area contributed by atoms with Crippen molar-refractivity contribution in [2.24, 2.45) is 0 Å². The lowest BCUT2D eigenvalue weighted by molar-refractivity contribution is 0.0954. The van der Waals surface area contributed by atoms with Gasteiger partial charge in [-0.1, -0.05) is 24.3 Å². The van der Waals surface area contributed by atoms with Crippen LogP contribution in [-0.4, -0.2) is 23.3 Å². The van der Waals surface area contributed by atoms with Gasteiger partial charge in [0.25, 0.3) is 11.8 Å². The number of carbonyl (C=O) groups excluding carboxylic acids is 2. The number of hydrogen-bond acceptors (Lipinski definition) is 3. The molecule has 0 unspecified atom stereocenters. The number of anilines is 1. The highest BCUT2D eigenvalue weighted by Gasteiger charge is 2.15. The molecule has 0 spiro atoms. The second-order valence-electron chi connectivity index (χ2n) is 6.97. The minimum atomic E-state index is -0.338. The van der Waals surface area contributed by atoms with Crippen LogP contribution in [0.5, 0.6) is 0 Å². The van der Waals surface area contributed by atoms with Gasteiger partial charge in [0, 0.05) is 28.7 Å². The average Bonchev–Trinajstić information content (AvgIpc) is 2.79. The molecular formula is C25H20FN3O2. The molecule has 5 nitrogen and oxygen atoms in total. The number of fused-ring (bicyclic) bond motifs is 1. The fourth-order valence-corrected chi connectivity index (χ4v) is 3.33. The normalized spacial score (nSPS) is 10.6. The maximum absolute atomic E-state index is 13.3. The number of amides is 2. The Bertz CT molecular complexity index is 1270. The van der Waals surface area contributed by atoms with Gasteiger partial charge in [-0.15, -0.1) is 0 Å². The molecule has 154 valence electrons. The van der Waals surface area contributed by atoms with Crippen molar-refractivity contribution >= 4 is 28.4 Å². The number of nitrogens with one attached hydrogen (secondary N) is 2. The Morgan fingerprint density at radius 2 is 1.68 bits per heavy atom. The van der Waals surface area contributed by atoms with Crippen molar-refractivity contribution in [1.29, 1.82) is 0 Å². The number of pyridine rings is 1. The number of rotatable bonds is 5. The molecule has 6 heteroatoms. The Balaban J connectivity index is 1.71. The summed E-state index contributed by atoms with van der Waals surface area (Å²) in [5, 5.41) is 6.31. The van der Waals surface area contributed by atoms with E-state index in [-0.39, 0.29) is 17.6 Å². The quantitative estimate of drug-likeness (QED) is 0.481. The van der Waals surface area contributed by atoms with Crippen molar-refractivity contribution in [3.8, 4) is 11.3 Å². The predicted octanol–water partition coefficient (Wildman–Crippen LogP) is 5.04. The molecule has 0 radical (unpaired) electrons. The second kappa shape index (κ2) is 8.75. The van der Waals surface area contributed by atoms with Gasteiger partial charge in [0.05, 0.1) is 16.8 Å². The van der Waals surface area contributed by atoms with Crippen LogP contribution >= 0.6 is 0 Å². The highest BCUT2D eigenvalue weighted by Crippen LogP contribution is 2.26. The largest absolute Gasteiger partial charge is 0.352 e. The van der Waals surface area contributed by atoms with Crippen molar-refractivity contribution in [3.05, 3.63) is 95.8 Å². The Morgan fingerprint density at radius 3 is 2.45 bits per heavy atom. The van der Waals surface area contributed by atoms with E-state index in [1.54, 1.807) is 42.5 Å². The topological polar surface area (TPSA) is 71.1 Å². The highest BCUT2D eigenvalue weighted by atomic mass is 19.1. The molecule has 1 heterocycles. The van der Waals surface area contributed by atoms with Crippen LogP contribution in [-0.2, 0) is 0 Å². The molecule has 2 amide bonds. The zero-order chi connectivity index (χ0) is 21.8. The van der Waals surface area contributed by atoms with Crippen LogP contribution in [0.1, 0.15) is 27.6 Å². The van der Waals surface area contributed by atoms with E-state index in [9.17, 15) is 14.0 Å². The van der Waals surface area contributed by atoms with Crippen molar-refractivity contribution in [1.82, 2.24) is 10.3 Å². The smallest absolute Gasteiger partial charge is 0.256 e.